The number of hydrogen-bond donors (Lipinski definition) is 1. The van der Waals surface area contributed by atoms with Crippen LogP contribution in [0.1, 0.15) is 27.2 Å². The van der Waals surface area contributed by atoms with Crippen molar-refractivity contribution in [3.63, 3.8) is 0 Å². The quantitative estimate of drug-likeness (QED) is 0.687. The van der Waals surface area contributed by atoms with Crippen molar-refractivity contribution in [3.05, 3.63) is 11.6 Å². The minimum atomic E-state index is 0.214. The number of nitrogens with zero attached hydrogens (tertiary/aromatic N) is 1. The van der Waals surface area contributed by atoms with Gasteiger partial charge in [-0.15, -0.1) is 0 Å². The van der Waals surface area contributed by atoms with E-state index in [0.29, 0.717) is 12.6 Å². The van der Waals surface area contributed by atoms with Crippen molar-refractivity contribution >= 4 is 5.91 Å². The molecule has 0 aliphatic carbocycles. The minimum Gasteiger partial charge on any atom is -0.337 e. The molecule has 0 aromatic carbocycles. The van der Waals surface area contributed by atoms with Crippen LogP contribution in [0.2, 0.25) is 0 Å². The Bertz CT molecular complexity index is 233. The molecule has 1 amide bonds. The van der Waals surface area contributed by atoms with Crippen molar-refractivity contribution in [2.24, 2.45) is 0 Å². The normalized spacial score (nSPS) is 17.1. The Balaban J connectivity index is 2.34. The smallest absolute Gasteiger partial charge is 0.236 e. The zero-order chi connectivity index (χ0) is 10.6. The Kier molecular flexibility index (Phi) is 4.14. The second-order valence-corrected chi connectivity index (χ2v) is 4.19. The van der Waals surface area contributed by atoms with E-state index in [-0.39, 0.29) is 5.91 Å². The molecule has 3 nitrogen and oxygen atoms in total. The number of amides is 1. The molecule has 0 aromatic rings. The SMILES string of the molecule is CC1=CCCN(C(=O)CNC(C)C)C1. The first-order chi connectivity index (χ1) is 6.59. The topological polar surface area (TPSA) is 32.3 Å². The number of hydrogen-bond acceptors (Lipinski definition) is 2. The molecule has 3 heteroatoms. The lowest BCUT2D eigenvalue weighted by Crippen LogP contribution is -2.42. The van der Waals surface area contributed by atoms with Crippen molar-refractivity contribution in [3.8, 4) is 0 Å². The second-order valence-electron chi connectivity index (χ2n) is 4.19. The third-order valence-electron chi connectivity index (χ3n) is 2.35. The first-order valence-electron chi connectivity index (χ1n) is 5.26. The number of carbonyl (C=O) groups excluding carboxylic acids is 1. The predicted molar refractivity (Wildman–Crippen MR) is 58.1 cm³/mol. The maximum atomic E-state index is 11.7. The van der Waals surface area contributed by atoms with E-state index in [9.17, 15) is 4.79 Å². The average Bonchev–Trinajstić information content (AvgIpc) is 2.14. The van der Waals surface area contributed by atoms with Crippen LogP contribution in [-0.4, -0.2) is 36.5 Å². The highest BCUT2D eigenvalue weighted by atomic mass is 16.2. The van der Waals surface area contributed by atoms with Gasteiger partial charge < -0.3 is 10.2 Å². The van der Waals surface area contributed by atoms with E-state index in [1.54, 1.807) is 0 Å². The summed E-state index contributed by atoms with van der Waals surface area (Å²) in [5.74, 6) is 0.214. The molecule has 1 heterocycles. The number of nitrogens with one attached hydrogen (secondary N) is 1. The van der Waals surface area contributed by atoms with E-state index < -0.39 is 0 Å². The Labute approximate surface area is 86.2 Å². The summed E-state index contributed by atoms with van der Waals surface area (Å²) in [6.45, 7) is 8.32. The first kappa shape index (κ1) is 11.2. The van der Waals surface area contributed by atoms with Gasteiger partial charge in [-0.1, -0.05) is 25.5 Å². The third-order valence-corrected chi connectivity index (χ3v) is 2.35. The minimum absolute atomic E-state index is 0.214. The molecular formula is C11H20N2O. The highest BCUT2D eigenvalue weighted by molar-refractivity contribution is 5.78. The number of carbonyl (C=O) groups is 1. The Morgan fingerprint density at radius 3 is 2.93 bits per heavy atom. The van der Waals surface area contributed by atoms with Crippen molar-refractivity contribution in [2.75, 3.05) is 19.6 Å². The van der Waals surface area contributed by atoms with Crippen LogP contribution in [0.3, 0.4) is 0 Å². The van der Waals surface area contributed by atoms with Crippen molar-refractivity contribution in [2.45, 2.75) is 33.2 Å². The van der Waals surface area contributed by atoms with E-state index in [1.165, 1.54) is 5.57 Å². The summed E-state index contributed by atoms with van der Waals surface area (Å²) in [7, 11) is 0. The molecule has 0 aromatic heterocycles. The highest BCUT2D eigenvalue weighted by Gasteiger charge is 2.15. The fourth-order valence-corrected chi connectivity index (χ4v) is 1.53. The molecule has 1 aliphatic heterocycles. The summed E-state index contributed by atoms with van der Waals surface area (Å²) in [5, 5.41) is 3.15. The van der Waals surface area contributed by atoms with Gasteiger partial charge in [-0.2, -0.15) is 0 Å². The van der Waals surface area contributed by atoms with E-state index in [2.05, 4.69) is 32.2 Å². The molecule has 0 bridgehead atoms. The molecule has 1 aliphatic rings. The van der Waals surface area contributed by atoms with Crippen LogP contribution in [0.15, 0.2) is 11.6 Å². The second kappa shape index (κ2) is 5.15. The van der Waals surface area contributed by atoms with Crippen molar-refractivity contribution < 1.29 is 4.79 Å². The highest BCUT2D eigenvalue weighted by Crippen LogP contribution is 2.08. The average molecular weight is 196 g/mol. The van der Waals surface area contributed by atoms with Crippen LogP contribution < -0.4 is 5.32 Å². The van der Waals surface area contributed by atoms with Gasteiger partial charge in [0.1, 0.15) is 0 Å². The molecule has 1 N–H and O–H groups in total. The monoisotopic (exact) mass is 196 g/mol. The summed E-state index contributed by atoms with van der Waals surface area (Å²) in [6.07, 6.45) is 3.21. The van der Waals surface area contributed by atoms with Crippen molar-refractivity contribution in [1.82, 2.24) is 10.2 Å². The van der Waals surface area contributed by atoms with E-state index in [1.807, 2.05) is 4.90 Å². The zero-order valence-corrected chi connectivity index (χ0v) is 9.34. The third kappa shape index (κ3) is 3.50. The van der Waals surface area contributed by atoms with Gasteiger partial charge >= 0.3 is 0 Å². The fraction of sp³-hybridized carbons (Fsp3) is 0.727. The lowest BCUT2D eigenvalue weighted by atomic mass is 10.1. The van der Waals surface area contributed by atoms with Gasteiger partial charge in [0.05, 0.1) is 6.54 Å². The van der Waals surface area contributed by atoms with E-state index in [0.717, 1.165) is 19.5 Å². The Morgan fingerprint density at radius 2 is 2.36 bits per heavy atom. The molecule has 1 rings (SSSR count). The van der Waals surface area contributed by atoms with Crippen molar-refractivity contribution in [1.29, 1.82) is 0 Å². The standard InChI is InChI=1S/C11H20N2O/c1-9(2)12-7-11(14)13-6-4-5-10(3)8-13/h5,9,12H,4,6-8H2,1-3H3. The Hall–Kier alpha value is -0.830. The van der Waals surface area contributed by atoms with Crippen LogP contribution in [0.25, 0.3) is 0 Å². The summed E-state index contributed by atoms with van der Waals surface area (Å²) in [5.41, 5.74) is 1.30. The van der Waals surface area contributed by atoms with Gasteiger partial charge in [0.25, 0.3) is 0 Å². The van der Waals surface area contributed by atoms with Crippen LogP contribution in [0.4, 0.5) is 0 Å². The fourth-order valence-electron chi connectivity index (χ4n) is 1.53. The first-order valence-corrected chi connectivity index (χ1v) is 5.26. The van der Waals surface area contributed by atoms with E-state index >= 15 is 0 Å². The molecule has 80 valence electrons. The van der Waals surface area contributed by atoms with Gasteiger partial charge in [0, 0.05) is 19.1 Å². The van der Waals surface area contributed by atoms with E-state index in [4.69, 9.17) is 0 Å². The maximum absolute atomic E-state index is 11.7. The van der Waals surface area contributed by atoms with Gasteiger partial charge in [0.2, 0.25) is 5.91 Å². The van der Waals surface area contributed by atoms with Crippen LogP contribution in [0.5, 0.6) is 0 Å². The lowest BCUT2D eigenvalue weighted by molar-refractivity contribution is -0.130. The Morgan fingerprint density at radius 1 is 1.64 bits per heavy atom. The molecule has 0 saturated heterocycles. The molecule has 14 heavy (non-hydrogen) atoms. The molecule has 0 atom stereocenters. The molecule has 0 fully saturated rings. The largest absolute Gasteiger partial charge is 0.337 e. The van der Waals surface area contributed by atoms with Crippen LogP contribution in [-0.2, 0) is 4.79 Å². The van der Waals surface area contributed by atoms with Crippen LogP contribution in [0, 0.1) is 0 Å². The van der Waals surface area contributed by atoms with Gasteiger partial charge in [0.15, 0.2) is 0 Å². The summed E-state index contributed by atoms with van der Waals surface area (Å²) in [4.78, 5) is 13.6. The molecular weight excluding hydrogens is 176 g/mol. The maximum Gasteiger partial charge on any atom is 0.236 e. The number of rotatable bonds is 3. The summed E-state index contributed by atoms with van der Waals surface area (Å²) >= 11 is 0. The van der Waals surface area contributed by atoms with Gasteiger partial charge in [-0.25, -0.2) is 0 Å². The summed E-state index contributed by atoms with van der Waals surface area (Å²) < 4.78 is 0. The molecule has 0 spiro atoms. The lowest BCUT2D eigenvalue weighted by Gasteiger charge is -2.26. The predicted octanol–water partition coefficient (Wildman–Crippen LogP) is 1.16. The van der Waals surface area contributed by atoms with Crippen LogP contribution >= 0.6 is 0 Å². The zero-order valence-electron chi connectivity index (χ0n) is 9.34. The molecule has 0 radical (unpaired) electrons. The van der Waals surface area contributed by atoms with Gasteiger partial charge in [-0.3, -0.25) is 4.79 Å². The molecule has 0 unspecified atom stereocenters. The van der Waals surface area contributed by atoms with Gasteiger partial charge in [-0.05, 0) is 13.3 Å². The summed E-state index contributed by atoms with van der Waals surface area (Å²) in [6, 6.07) is 0.375. The molecule has 0 saturated carbocycles.